The fourth-order valence-corrected chi connectivity index (χ4v) is 3.67. The highest BCUT2D eigenvalue weighted by Crippen LogP contribution is 2.23. The van der Waals surface area contributed by atoms with E-state index in [4.69, 9.17) is 0 Å². The van der Waals surface area contributed by atoms with Gasteiger partial charge in [0.05, 0.1) is 6.26 Å². The number of hydrogen-bond donors (Lipinski definition) is 0. The van der Waals surface area contributed by atoms with Crippen LogP contribution in [-0.4, -0.2) is 56.1 Å². The summed E-state index contributed by atoms with van der Waals surface area (Å²) >= 11 is 0. The van der Waals surface area contributed by atoms with E-state index in [9.17, 15) is 8.42 Å². The minimum Gasteiger partial charge on any atom is -0.298 e. The van der Waals surface area contributed by atoms with Crippen molar-refractivity contribution < 1.29 is 8.42 Å². The molecule has 0 aromatic rings. The van der Waals surface area contributed by atoms with Gasteiger partial charge in [-0.1, -0.05) is 19.3 Å². The van der Waals surface area contributed by atoms with Crippen molar-refractivity contribution in [2.24, 2.45) is 0 Å². The Bertz CT molecular complexity index is 315. The van der Waals surface area contributed by atoms with Crippen molar-refractivity contribution in [1.29, 1.82) is 0 Å². The third kappa shape index (κ3) is 2.96. The van der Waals surface area contributed by atoms with Crippen molar-refractivity contribution >= 4 is 10.0 Å². The maximum atomic E-state index is 11.4. The molecule has 94 valence electrons. The minimum absolute atomic E-state index is 0.676. The Morgan fingerprint density at radius 1 is 0.938 bits per heavy atom. The average molecular weight is 246 g/mol. The van der Waals surface area contributed by atoms with E-state index < -0.39 is 10.0 Å². The van der Waals surface area contributed by atoms with Crippen LogP contribution in [0.5, 0.6) is 0 Å². The van der Waals surface area contributed by atoms with Crippen LogP contribution in [-0.2, 0) is 10.0 Å². The normalized spacial score (nSPS) is 27.1. The predicted molar refractivity (Wildman–Crippen MR) is 64.9 cm³/mol. The van der Waals surface area contributed by atoms with Crippen LogP contribution in [0.1, 0.15) is 32.1 Å². The molecule has 0 amide bonds. The van der Waals surface area contributed by atoms with Crippen LogP contribution in [0.25, 0.3) is 0 Å². The van der Waals surface area contributed by atoms with Gasteiger partial charge in [-0.3, -0.25) is 4.90 Å². The first-order chi connectivity index (χ1) is 7.57. The fraction of sp³-hybridized carbons (Fsp3) is 1.00. The van der Waals surface area contributed by atoms with Crippen molar-refractivity contribution in [2.75, 3.05) is 32.4 Å². The second-order valence-electron chi connectivity index (χ2n) is 4.99. The molecule has 16 heavy (non-hydrogen) atoms. The van der Waals surface area contributed by atoms with Gasteiger partial charge in [-0.15, -0.1) is 0 Å². The monoisotopic (exact) mass is 246 g/mol. The lowest BCUT2D eigenvalue weighted by molar-refractivity contribution is 0.111. The van der Waals surface area contributed by atoms with E-state index in [1.807, 2.05) is 0 Å². The molecule has 5 heteroatoms. The summed E-state index contributed by atoms with van der Waals surface area (Å²) < 4.78 is 24.4. The van der Waals surface area contributed by atoms with Crippen molar-refractivity contribution in [1.82, 2.24) is 9.21 Å². The molecule has 1 saturated heterocycles. The summed E-state index contributed by atoms with van der Waals surface area (Å²) in [5.41, 5.74) is 0. The highest BCUT2D eigenvalue weighted by Gasteiger charge is 2.28. The average Bonchev–Trinajstić information content (AvgIpc) is 2.29. The molecule has 0 radical (unpaired) electrons. The lowest BCUT2D eigenvalue weighted by Gasteiger charge is -2.39. The highest BCUT2D eigenvalue weighted by atomic mass is 32.2. The van der Waals surface area contributed by atoms with Crippen molar-refractivity contribution in [3.8, 4) is 0 Å². The molecule has 2 fully saturated rings. The highest BCUT2D eigenvalue weighted by molar-refractivity contribution is 7.88. The second kappa shape index (κ2) is 5.02. The Morgan fingerprint density at radius 2 is 1.50 bits per heavy atom. The first-order valence-corrected chi connectivity index (χ1v) is 8.11. The van der Waals surface area contributed by atoms with Gasteiger partial charge in [-0.25, -0.2) is 8.42 Å². The number of nitrogens with zero attached hydrogens (tertiary/aromatic N) is 2. The Hall–Kier alpha value is -0.130. The Labute approximate surface area is 98.7 Å². The summed E-state index contributed by atoms with van der Waals surface area (Å²) in [5.74, 6) is 0. The minimum atomic E-state index is -2.97. The first kappa shape index (κ1) is 12.3. The van der Waals surface area contributed by atoms with Gasteiger partial charge >= 0.3 is 0 Å². The van der Waals surface area contributed by atoms with E-state index in [0.717, 1.165) is 19.1 Å². The van der Waals surface area contributed by atoms with Crippen LogP contribution in [0, 0.1) is 0 Å². The summed E-state index contributed by atoms with van der Waals surface area (Å²) in [5, 5.41) is 0. The third-order valence-electron chi connectivity index (χ3n) is 3.83. The molecule has 1 aliphatic heterocycles. The quantitative estimate of drug-likeness (QED) is 0.727. The summed E-state index contributed by atoms with van der Waals surface area (Å²) in [6, 6.07) is 0.718. The largest absolute Gasteiger partial charge is 0.298 e. The molecular formula is C11H22N2O2S. The van der Waals surface area contributed by atoms with E-state index in [1.165, 1.54) is 38.4 Å². The predicted octanol–water partition coefficient (Wildman–Crippen LogP) is 0.896. The van der Waals surface area contributed by atoms with Gasteiger partial charge in [0.25, 0.3) is 0 Å². The molecular weight excluding hydrogens is 224 g/mol. The van der Waals surface area contributed by atoms with Gasteiger partial charge in [0, 0.05) is 32.2 Å². The zero-order valence-electron chi connectivity index (χ0n) is 10.1. The molecule has 1 aliphatic carbocycles. The van der Waals surface area contributed by atoms with Gasteiger partial charge in [-0.2, -0.15) is 4.31 Å². The van der Waals surface area contributed by atoms with Gasteiger partial charge in [0.15, 0.2) is 0 Å². The zero-order chi connectivity index (χ0) is 11.6. The van der Waals surface area contributed by atoms with E-state index in [-0.39, 0.29) is 0 Å². The first-order valence-electron chi connectivity index (χ1n) is 6.26. The van der Waals surface area contributed by atoms with Crippen LogP contribution >= 0.6 is 0 Å². The molecule has 4 nitrogen and oxygen atoms in total. The van der Waals surface area contributed by atoms with E-state index in [2.05, 4.69) is 4.90 Å². The number of hydrogen-bond acceptors (Lipinski definition) is 3. The number of piperazine rings is 1. The molecule has 0 bridgehead atoms. The smallest absolute Gasteiger partial charge is 0.211 e. The molecule has 2 rings (SSSR count). The number of rotatable bonds is 2. The maximum Gasteiger partial charge on any atom is 0.211 e. The summed E-state index contributed by atoms with van der Waals surface area (Å²) in [4.78, 5) is 2.49. The molecule has 0 aromatic heterocycles. The van der Waals surface area contributed by atoms with E-state index >= 15 is 0 Å². The lowest BCUT2D eigenvalue weighted by atomic mass is 9.94. The Morgan fingerprint density at radius 3 is 2.00 bits per heavy atom. The summed E-state index contributed by atoms with van der Waals surface area (Å²) in [6.07, 6.45) is 7.98. The van der Waals surface area contributed by atoms with Crippen molar-refractivity contribution in [2.45, 2.75) is 38.1 Å². The van der Waals surface area contributed by atoms with E-state index in [1.54, 1.807) is 4.31 Å². The molecule has 0 unspecified atom stereocenters. The molecule has 0 aromatic carbocycles. The lowest BCUT2D eigenvalue weighted by Crippen LogP contribution is -2.52. The third-order valence-corrected chi connectivity index (χ3v) is 5.14. The topological polar surface area (TPSA) is 40.6 Å². The van der Waals surface area contributed by atoms with Crippen molar-refractivity contribution in [3.05, 3.63) is 0 Å². The van der Waals surface area contributed by atoms with Crippen LogP contribution in [0.4, 0.5) is 0 Å². The molecule has 0 spiro atoms. The Balaban J connectivity index is 1.85. The van der Waals surface area contributed by atoms with Gasteiger partial charge in [0.1, 0.15) is 0 Å². The molecule has 2 aliphatic rings. The number of sulfonamides is 1. The second-order valence-corrected chi connectivity index (χ2v) is 6.97. The molecule has 0 atom stereocenters. The van der Waals surface area contributed by atoms with Gasteiger partial charge in [0.2, 0.25) is 10.0 Å². The van der Waals surface area contributed by atoms with Crippen molar-refractivity contribution in [3.63, 3.8) is 0 Å². The Kier molecular flexibility index (Phi) is 3.87. The van der Waals surface area contributed by atoms with Crippen LogP contribution < -0.4 is 0 Å². The standard InChI is InChI=1S/C11H22N2O2S/c1-16(14,15)13-9-7-12(8-10-13)11-5-3-2-4-6-11/h11H,2-10H2,1H3. The molecule has 1 saturated carbocycles. The SMILES string of the molecule is CS(=O)(=O)N1CCN(C2CCCCC2)CC1. The molecule has 1 heterocycles. The molecule has 0 N–H and O–H groups in total. The summed E-state index contributed by atoms with van der Waals surface area (Å²) in [7, 11) is -2.97. The van der Waals surface area contributed by atoms with Gasteiger partial charge < -0.3 is 0 Å². The zero-order valence-corrected chi connectivity index (χ0v) is 10.9. The maximum absolute atomic E-state index is 11.4. The van der Waals surface area contributed by atoms with E-state index in [0.29, 0.717) is 13.1 Å². The van der Waals surface area contributed by atoms with Crippen LogP contribution in [0.3, 0.4) is 0 Å². The van der Waals surface area contributed by atoms with Gasteiger partial charge in [-0.05, 0) is 12.8 Å². The fourth-order valence-electron chi connectivity index (χ4n) is 2.85. The van der Waals surface area contributed by atoms with Crippen LogP contribution in [0.15, 0.2) is 0 Å². The summed E-state index contributed by atoms with van der Waals surface area (Å²) in [6.45, 7) is 3.18. The van der Waals surface area contributed by atoms with Crippen LogP contribution in [0.2, 0.25) is 0 Å².